The number of hydrogen-bond acceptors (Lipinski definition) is 5. The Morgan fingerprint density at radius 3 is 2.67 bits per heavy atom. The molecule has 24 heavy (non-hydrogen) atoms. The van der Waals surface area contributed by atoms with Gasteiger partial charge in [0.1, 0.15) is 5.69 Å². The molecule has 0 saturated heterocycles. The van der Waals surface area contributed by atoms with Crippen LogP contribution < -0.4 is 5.32 Å². The molecule has 2 aromatic heterocycles. The number of hydrogen-bond donors (Lipinski definition) is 1. The van der Waals surface area contributed by atoms with Crippen LogP contribution in [-0.2, 0) is 12.8 Å². The lowest BCUT2D eigenvalue weighted by molar-refractivity contribution is 0.102. The molecule has 1 aliphatic rings. The zero-order chi connectivity index (χ0) is 16.4. The molecule has 0 aliphatic heterocycles. The van der Waals surface area contributed by atoms with Crippen LogP contribution >= 0.6 is 11.3 Å². The number of nitrogens with one attached hydrogen (secondary N) is 1. The molecule has 0 saturated carbocycles. The molecule has 0 atom stereocenters. The van der Waals surface area contributed by atoms with E-state index >= 15 is 0 Å². The third-order valence-corrected chi connectivity index (χ3v) is 5.32. The van der Waals surface area contributed by atoms with E-state index in [2.05, 4.69) is 20.3 Å². The topological polar surface area (TPSA) is 67.8 Å². The van der Waals surface area contributed by atoms with Gasteiger partial charge in [-0.1, -0.05) is 25.0 Å². The molecular formula is C18H18N4OS. The minimum Gasteiger partial charge on any atom is -0.296 e. The number of aromatic nitrogens is 3. The van der Waals surface area contributed by atoms with Crippen LogP contribution in [-0.4, -0.2) is 20.9 Å². The number of aryl methyl sites for hydroxylation is 2. The molecular weight excluding hydrogens is 320 g/mol. The highest BCUT2D eigenvalue weighted by atomic mass is 32.1. The number of carbonyl (C=O) groups is 1. The lowest BCUT2D eigenvalue weighted by Gasteiger charge is -2.06. The quantitative estimate of drug-likeness (QED) is 0.767. The Morgan fingerprint density at radius 1 is 1.00 bits per heavy atom. The van der Waals surface area contributed by atoms with Gasteiger partial charge in [-0.2, -0.15) is 0 Å². The summed E-state index contributed by atoms with van der Waals surface area (Å²) in [4.78, 5) is 27.1. The molecule has 1 aromatic carbocycles. The standard InChI is InChI=1S/C18H18N4OS/c23-17(15-11-19-12-7-5-6-8-13(12)20-15)22-18-21-14-9-3-1-2-4-10-16(14)24-18/h5-8,11H,1-4,9-10H2,(H,21,22,23). The highest BCUT2D eigenvalue weighted by molar-refractivity contribution is 7.15. The number of fused-ring (bicyclic) bond motifs is 2. The Kier molecular flexibility index (Phi) is 4.21. The van der Waals surface area contributed by atoms with Gasteiger partial charge in [-0.25, -0.2) is 9.97 Å². The van der Waals surface area contributed by atoms with Gasteiger partial charge in [0.25, 0.3) is 5.91 Å². The molecule has 122 valence electrons. The summed E-state index contributed by atoms with van der Waals surface area (Å²) in [5.41, 5.74) is 2.97. The van der Waals surface area contributed by atoms with E-state index in [0.717, 1.165) is 29.6 Å². The molecule has 0 unspecified atom stereocenters. The Hall–Kier alpha value is -2.34. The van der Waals surface area contributed by atoms with Crippen LogP contribution in [0, 0.1) is 0 Å². The highest BCUT2D eigenvalue weighted by Gasteiger charge is 2.16. The molecule has 3 aromatic rings. The van der Waals surface area contributed by atoms with E-state index < -0.39 is 0 Å². The minimum atomic E-state index is -0.255. The number of para-hydroxylation sites is 2. The van der Waals surface area contributed by atoms with Crippen LogP contribution in [0.5, 0.6) is 0 Å². The monoisotopic (exact) mass is 338 g/mol. The second kappa shape index (κ2) is 6.65. The van der Waals surface area contributed by atoms with Crippen molar-refractivity contribution in [1.29, 1.82) is 0 Å². The van der Waals surface area contributed by atoms with E-state index in [9.17, 15) is 4.79 Å². The van der Waals surface area contributed by atoms with E-state index in [-0.39, 0.29) is 5.91 Å². The van der Waals surface area contributed by atoms with Crippen LogP contribution in [0.4, 0.5) is 5.13 Å². The molecule has 6 heteroatoms. The molecule has 1 N–H and O–H groups in total. The SMILES string of the molecule is O=C(Nc1nc2c(s1)CCCCCC2)c1cnc2ccccc2n1. The highest BCUT2D eigenvalue weighted by Crippen LogP contribution is 2.28. The second-order valence-electron chi connectivity index (χ2n) is 6.00. The van der Waals surface area contributed by atoms with Crippen LogP contribution in [0.25, 0.3) is 11.0 Å². The first-order valence-corrected chi connectivity index (χ1v) is 9.13. The largest absolute Gasteiger partial charge is 0.296 e. The average molecular weight is 338 g/mol. The Balaban J connectivity index is 1.55. The van der Waals surface area contributed by atoms with E-state index in [1.54, 1.807) is 11.3 Å². The van der Waals surface area contributed by atoms with Crippen molar-refractivity contribution in [2.75, 3.05) is 5.32 Å². The van der Waals surface area contributed by atoms with Gasteiger partial charge in [0.05, 0.1) is 22.9 Å². The lowest BCUT2D eigenvalue weighted by atomic mass is 10.0. The van der Waals surface area contributed by atoms with Crippen molar-refractivity contribution in [3.63, 3.8) is 0 Å². The molecule has 1 amide bonds. The van der Waals surface area contributed by atoms with Gasteiger partial charge in [-0.15, -0.1) is 11.3 Å². The lowest BCUT2D eigenvalue weighted by Crippen LogP contribution is -2.14. The maximum absolute atomic E-state index is 12.5. The molecule has 4 rings (SSSR count). The average Bonchev–Trinajstić information content (AvgIpc) is 2.95. The normalized spacial score (nSPS) is 14.7. The summed E-state index contributed by atoms with van der Waals surface area (Å²) in [6.07, 6.45) is 8.54. The van der Waals surface area contributed by atoms with Crippen molar-refractivity contribution in [1.82, 2.24) is 15.0 Å². The van der Waals surface area contributed by atoms with Gasteiger partial charge in [0, 0.05) is 4.88 Å². The number of anilines is 1. The number of carbonyl (C=O) groups excluding carboxylic acids is 1. The summed E-state index contributed by atoms with van der Waals surface area (Å²) >= 11 is 1.59. The Bertz CT molecular complexity index is 864. The number of rotatable bonds is 2. The van der Waals surface area contributed by atoms with Gasteiger partial charge < -0.3 is 0 Å². The van der Waals surface area contributed by atoms with Crippen molar-refractivity contribution < 1.29 is 4.79 Å². The van der Waals surface area contributed by atoms with Crippen molar-refractivity contribution in [3.8, 4) is 0 Å². The molecule has 5 nitrogen and oxygen atoms in total. The zero-order valence-corrected chi connectivity index (χ0v) is 14.1. The fourth-order valence-electron chi connectivity index (χ4n) is 2.99. The maximum atomic E-state index is 12.5. The maximum Gasteiger partial charge on any atom is 0.277 e. The number of thiazole rings is 1. The number of nitrogens with zero attached hydrogens (tertiary/aromatic N) is 3. The van der Waals surface area contributed by atoms with E-state index in [4.69, 9.17) is 0 Å². The molecule has 2 heterocycles. The summed E-state index contributed by atoms with van der Waals surface area (Å²) in [5.74, 6) is -0.255. The van der Waals surface area contributed by atoms with Crippen molar-refractivity contribution in [2.24, 2.45) is 0 Å². The molecule has 1 aliphatic carbocycles. The summed E-state index contributed by atoms with van der Waals surface area (Å²) in [5, 5.41) is 3.56. The molecule has 0 bridgehead atoms. The zero-order valence-electron chi connectivity index (χ0n) is 13.3. The third-order valence-electron chi connectivity index (χ3n) is 4.25. The number of amides is 1. The summed E-state index contributed by atoms with van der Waals surface area (Å²) in [7, 11) is 0. The van der Waals surface area contributed by atoms with Crippen LogP contribution in [0.1, 0.15) is 46.7 Å². The van der Waals surface area contributed by atoms with Crippen molar-refractivity contribution >= 4 is 33.4 Å². The fourth-order valence-corrected chi connectivity index (χ4v) is 4.03. The van der Waals surface area contributed by atoms with Gasteiger partial charge in [-0.3, -0.25) is 15.1 Å². The second-order valence-corrected chi connectivity index (χ2v) is 7.08. The predicted molar refractivity (Wildman–Crippen MR) is 95.5 cm³/mol. The Morgan fingerprint density at radius 2 is 1.79 bits per heavy atom. The van der Waals surface area contributed by atoms with Crippen molar-refractivity contribution in [3.05, 3.63) is 46.7 Å². The molecule has 0 fully saturated rings. The van der Waals surface area contributed by atoms with Gasteiger partial charge in [0.15, 0.2) is 5.13 Å². The first-order valence-electron chi connectivity index (χ1n) is 8.31. The summed E-state index contributed by atoms with van der Waals surface area (Å²) in [6.45, 7) is 0. The van der Waals surface area contributed by atoms with E-state index in [1.165, 1.54) is 36.8 Å². The minimum absolute atomic E-state index is 0.255. The first kappa shape index (κ1) is 15.2. The van der Waals surface area contributed by atoms with E-state index in [0.29, 0.717) is 10.8 Å². The van der Waals surface area contributed by atoms with E-state index in [1.807, 2.05) is 24.3 Å². The molecule has 0 radical (unpaired) electrons. The van der Waals surface area contributed by atoms with Crippen LogP contribution in [0.2, 0.25) is 0 Å². The fraction of sp³-hybridized carbons (Fsp3) is 0.333. The third kappa shape index (κ3) is 3.14. The Labute approximate surface area is 144 Å². The van der Waals surface area contributed by atoms with Gasteiger partial charge in [0.2, 0.25) is 0 Å². The smallest absolute Gasteiger partial charge is 0.277 e. The van der Waals surface area contributed by atoms with Crippen LogP contribution in [0.3, 0.4) is 0 Å². The van der Waals surface area contributed by atoms with Crippen LogP contribution in [0.15, 0.2) is 30.5 Å². The predicted octanol–water partition coefficient (Wildman–Crippen LogP) is 4.00. The molecule has 0 spiro atoms. The first-order chi connectivity index (χ1) is 11.8. The summed E-state index contributed by atoms with van der Waals surface area (Å²) in [6, 6.07) is 7.53. The van der Waals surface area contributed by atoms with Gasteiger partial charge >= 0.3 is 0 Å². The number of benzene rings is 1. The van der Waals surface area contributed by atoms with Crippen molar-refractivity contribution in [2.45, 2.75) is 38.5 Å². The summed E-state index contributed by atoms with van der Waals surface area (Å²) < 4.78 is 0. The van der Waals surface area contributed by atoms with Gasteiger partial charge in [-0.05, 0) is 37.8 Å².